The van der Waals surface area contributed by atoms with Crippen LogP contribution in [0.15, 0.2) is 36.4 Å². The van der Waals surface area contributed by atoms with E-state index < -0.39 is 0 Å². The number of nitrogens with zero attached hydrogens (tertiary/aromatic N) is 6. The molecular weight excluding hydrogens is 486 g/mol. The fourth-order valence-corrected chi connectivity index (χ4v) is 6.63. The summed E-state index contributed by atoms with van der Waals surface area (Å²) in [5.41, 5.74) is 11.2. The molecule has 3 aliphatic heterocycles. The number of likely N-dealkylation sites (N-methyl/N-ethyl adjacent to an activating group) is 1. The number of hydrogen-bond donors (Lipinski definition) is 1. The predicted octanol–water partition coefficient (Wildman–Crippen LogP) is 4.04. The molecule has 1 aromatic heterocycles. The molecule has 2 saturated heterocycles. The van der Waals surface area contributed by atoms with Crippen molar-refractivity contribution < 1.29 is 4.74 Å². The van der Waals surface area contributed by atoms with E-state index in [1.54, 1.807) is 0 Å². The maximum Gasteiger partial charge on any atom is 0.318 e. The summed E-state index contributed by atoms with van der Waals surface area (Å²) in [6.45, 7) is 7.10. The Morgan fingerprint density at radius 1 is 1.08 bits per heavy atom. The number of rotatable bonds is 6. The molecular formula is C31H39N7O. The summed E-state index contributed by atoms with van der Waals surface area (Å²) in [5, 5.41) is 11.9. The minimum atomic E-state index is 0.0530. The molecule has 2 aromatic carbocycles. The normalized spacial score (nSPS) is 23.6. The van der Waals surface area contributed by atoms with Crippen LogP contribution < -0.4 is 20.3 Å². The van der Waals surface area contributed by atoms with Crippen molar-refractivity contribution in [3.8, 4) is 12.1 Å². The highest BCUT2D eigenvalue weighted by atomic mass is 16.5. The molecule has 0 aliphatic carbocycles. The van der Waals surface area contributed by atoms with Gasteiger partial charge in [-0.25, -0.2) is 0 Å². The molecule has 6 rings (SSSR count). The molecule has 0 radical (unpaired) electrons. The monoisotopic (exact) mass is 525 g/mol. The maximum absolute atomic E-state index is 9.38. The third-order valence-electron chi connectivity index (χ3n) is 8.98. The van der Waals surface area contributed by atoms with Crippen LogP contribution in [0.3, 0.4) is 0 Å². The van der Waals surface area contributed by atoms with Gasteiger partial charge in [0.1, 0.15) is 12.4 Å². The van der Waals surface area contributed by atoms with Gasteiger partial charge in [0.15, 0.2) is 0 Å². The van der Waals surface area contributed by atoms with Crippen LogP contribution in [0, 0.1) is 24.2 Å². The van der Waals surface area contributed by atoms with E-state index in [-0.39, 0.29) is 12.0 Å². The van der Waals surface area contributed by atoms with Crippen molar-refractivity contribution in [3.05, 3.63) is 53.2 Å². The van der Waals surface area contributed by atoms with Gasteiger partial charge in [-0.2, -0.15) is 15.2 Å². The Labute approximate surface area is 231 Å². The third kappa shape index (κ3) is 5.13. The summed E-state index contributed by atoms with van der Waals surface area (Å²) in [6.07, 6.45) is 4.53. The van der Waals surface area contributed by atoms with E-state index in [9.17, 15) is 5.26 Å². The first-order valence-electron chi connectivity index (χ1n) is 14.4. The lowest BCUT2D eigenvalue weighted by atomic mass is 9.90. The van der Waals surface area contributed by atoms with E-state index in [1.165, 1.54) is 34.0 Å². The highest BCUT2D eigenvalue weighted by Gasteiger charge is 2.32. The van der Waals surface area contributed by atoms with Crippen LogP contribution in [-0.2, 0) is 13.0 Å². The summed E-state index contributed by atoms with van der Waals surface area (Å²) in [6, 6.07) is 16.3. The van der Waals surface area contributed by atoms with Gasteiger partial charge in [-0.05, 0) is 63.2 Å². The molecule has 3 aromatic rings. The van der Waals surface area contributed by atoms with Crippen molar-refractivity contribution in [2.24, 2.45) is 11.7 Å². The first-order valence-corrected chi connectivity index (χ1v) is 14.4. The Kier molecular flexibility index (Phi) is 7.28. The van der Waals surface area contributed by atoms with Crippen molar-refractivity contribution in [1.29, 1.82) is 5.26 Å². The zero-order valence-electron chi connectivity index (χ0n) is 23.1. The number of aryl methyl sites for hydroxylation is 1. The number of piperidine rings is 1. The van der Waals surface area contributed by atoms with E-state index in [1.807, 2.05) is 0 Å². The van der Waals surface area contributed by atoms with Crippen LogP contribution in [0.5, 0.6) is 6.01 Å². The van der Waals surface area contributed by atoms with Crippen LogP contribution in [0.25, 0.3) is 10.8 Å². The van der Waals surface area contributed by atoms with Gasteiger partial charge >= 0.3 is 6.01 Å². The van der Waals surface area contributed by atoms with Crippen molar-refractivity contribution in [2.75, 3.05) is 49.6 Å². The molecule has 2 N–H and O–H groups in total. The number of fused-ring (bicyclic) bond motifs is 2. The number of anilines is 2. The van der Waals surface area contributed by atoms with Crippen LogP contribution in [0.4, 0.5) is 11.5 Å². The molecule has 1 unspecified atom stereocenters. The highest BCUT2D eigenvalue weighted by molar-refractivity contribution is 5.97. The molecule has 3 atom stereocenters. The maximum atomic E-state index is 9.38. The Hall–Kier alpha value is -3.41. The number of nitrogens with two attached hydrogens (primary N) is 1. The topological polar surface area (TPSA) is 94.5 Å². The molecule has 3 aliphatic rings. The SMILES string of the molecule is Cc1cccc2cccc(N3CCc4c(nc(OCC5CCCN5C)nc4N4CC[C@H](N)[C@@H](CC#N)C4)C3)c12. The van der Waals surface area contributed by atoms with Crippen LogP contribution in [0.1, 0.15) is 42.5 Å². The summed E-state index contributed by atoms with van der Waals surface area (Å²) in [4.78, 5) is 17.2. The van der Waals surface area contributed by atoms with E-state index >= 15 is 0 Å². The highest BCUT2D eigenvalue weighted by Crippen LogP contribution is 2.36. The minimum absolute atomic E-state index is 0.0530. The van der Waals surface area contributed by atoms with Gasteiger partial charge in [0.05, 0.1) is 18.3 Å². The average molecular weight is 526 g/mol. The van der Waals surface area contributed by atoms with Crippen molar-refractivity contribution in [3.63, 3.8) is 0 Å². The number of ether oxygens (including phenoxy) is 1. The van der Waals surface area contributed by atoms with Crippen molar-refractivity contribution in [2.45, 2.75) is 57.7 Å². The van der Waals surface area contributed by atoms with E-state index in [2.05, 4.69) is 71.1 Å². The molecule has 204 valence electrons. The van der Waals surface area contributed by atoms with Gasteiger partial charge < -0.3 is 25.2 Å². The van der Waals surface area contributed by atoms with Crippen molar-refractivity contribution in [1.82, 2.24) is 14.9 Å². The second-order valence-corrected chi connectivity index (χ2v) is 11.5. The van der Waals surface area contributed by atoms with Gasteiger partial charge in [0.25, 0.3) is 0 Å². The van der Waals surface area contributed by atoms with Gasteiger partial charge in [0, 0.05) is 60.7 Å². The lowest BCUT2D eigenvalue weighted by molar-refractivity contribution is 0.187. The zero-order chi connectivity index (χ0) is 26.9. The van der Waals surface area contributed by atoms with E-state index in [0.29, 0.717) is 31.6 Å². The lowest BCUT2D eigenvalue weighted by Crippen LogP contribution is -2.48. The van der Waals surface area contributed by atoms with Gasteiger partial charge in [-0.3, -0.25) is 0 Å². The van der Waals surface area contributed by atoms with Crippen molar-refractivity contribution >= 4 is 22.3 Å². The largest absolute Gasteiger partial charge is 0.462 e. The Morgan fingerprint density at radius 3 is 2.72 bits per heavy atom. The number of nitriles is 1. The van der Waals surface area contributed by atoms with Gasteiger partial charge in [0.2, 0.25) is 0 Å². The van der Waals surface area contributed by atoms with E-state index in [4.69, 9.17) is 20.4 Å². The number of likely N-dealkylation sites (tertiary alicyclic amines) is 1. The molecule has 39 heavy (non-hydrogen) atoms. The molecule has 8 heteroatoms. The first kappa shape index (κ1) is 25.8. The summed E-state index contributed by atoms with van der Waals surface area (Å²) in [5.74, 6) is 1.11. The Morgan fingerprint density at radius 2 is 1.92 bits per heavy atom. The summed E-state index contributed by atoms with van der Waals surface area (Å²) in [7, 11) is 2.16. The number of aromatic nitrogens is 2. The fraction of sp³-hybridized carbons (Fsp3) is 0.516. The zero-order valence-corrected chi connectivity index (χ0v) is 23.1. The predicted molar refractivity (Wildman–Crippen MR) is 155 cm³/mol. The molecule has 4 heterocycles. The fourth-order valence-electron chi connectivity index (χ4n) is 6.63. The quantitative estimate of drug-likeness (QED) is 0.515. The molecule has 2 fully saturated rings. The molecule has 0 spiro atoms. The third-order valence-corrected chi connectivity index (χ3v) is 8.98. The standard InChI is InChI=1S/C31H39N7O/c1-21-6-3-7-22-8-4-10-28(29(21)22)37-16-12-25-27(19-37)34-31(39-20-24-9-5-15-36(24)2)35-30(25)38-17-13-26(33)23(18-38)11-14-32/h3-4,6-8,10,23-24,26H,5,9,11-13,15-20,33H2,1-2H3/t23-,24?,26-/m0/s1. The Balaban J connectivity index is 1.34. The number of benzene rings is 2. The van der Waals surface area contributed by atoms with E-state index in [0.717, 1.165) is 57.0 Å². The van der Waals surface area contributed by atoms with Crippen LogP contribution in [0.2, 0.25) is 0 Å². The second kappa shape index (κ2) is 11.0. The van der Waals surface area contributed by atoms with Gasteiger partial charge in [-0.1, -0.05) is 30.3 Å². The average Bonchev–Trinajstić information content (AvgIpc) is 3.36. The first-order chi connectivity index (χ1) is 19.0. The second-order valence-electron chi connectivity index (χ2n) is 11.5. The Bertz CT molecular complexity index is 1380. The minimum Gasteiger partial charge on any atom is -0.462 e. The summed E-state index contributed by atoms with van der Waals surface area (Å²) < 4.78 is 6.30. The molecule has 0 amide bonds. The molecule has 0 bridgehead atoms. The lowest BCUT2D eigenvalue weighted by Gasteiger charge is -2.39. The van der Waals surface area contributed by atoms with Crippen LogP contribution >= 0.6 is 0 Å². The molecule has 0 saturated carbocycles. The smallest absolute Gasteiger partial charge is 0.318 e. The number of hydrogen-bond acceptors (Lipinski definition) is 8. The molecule has 8 nitrogen and oxygen atoms in total. The summed E-state index contributed by atoms with van der Waals surface area (Å²) >= 11 is 0. The van der Waals surface area contributed by atoms with Gasteiger partial charge in [-0.15, -0.1) is 0 Å². The van der Waals surface area contributed by atoms with Crippen LogP contribution in [-0.4, -0.2) is 66.8 Å².